The molecule has 0 aliphatic heterocycles. The van der Waals surface area contributed by atoms with E-state index in [0.29, 0.717) is 10.8 Å². The zero-order chi connectivity index (χ0) is 14.5. The van der Waals surface area contributed by atoms with Crippen LogP contribution in [0.5, 0.6) is 0 Å². The standard InChI is InChI=1S/C19H30/c1-18(2,3)14-8-7-9-16-10-12-17(13-11-16)15-19(4,5)6/h7,9-13H,8,14-15H2,1-6H3/b9-7+. The van der Waals surface area contributed by atoms with Crippen LogP contribution in [0.4, 0.5) is 0 Å². The zero-order valence-electron chi connectivity index (χ0n) is 13.6. The number of allylic oxidation sites excluding steroid dienone is 1. The van der Waals surface area contributed by atoms with E-state index in [4.69, 9.17) is 0 Å². The van der Waals surface area contributed by atoms with Gasteiger partial charge in [-0.1, -0.05) is 78.0 Å². The molecule has 0 aromatic heterocycles. The van der Waals surface area contributed by atoms with Gasteiger partial charge in [0, 0.05) is 0 Å². The summed E-state index contributed by atoms with van der Waals surface area (Å²) < 4.78 is 0. The van der Waals surface area contributed by atoms with Crippen LogP contribution in [-0.2, 0) is 6.42 Å². The maximum atomic E-state index is 2.30. The Labute approximate surface area is 119 Å². The molecule has 106 valence electrons. The predicted molar refractivity (Wildman–Crippen MR) is 87.3 cm³/mol. The molecule has 0 spiro atoms. The molecule has 0 N–H and O–H groups in total. The maximum absolute atomic E-state index is 2.30. The van der Waals surface area contributed by atoms with Crippen molar-refractivity contribution in [3.63, 3.8) is 0 Å². The highest BCUT2D eigenvalue weighted by atomic mass is 14.2. The monoisotopic (exact) mass is 258 g/mol. The molecule has 19 heavy (non-hydrogen) atoms. The summed E-state index contributed by atoms with van der Waals surface area (Å²) in [5.41, 5.74) is 3.54. The highest BCUT2D eigenvalue weighted by Gasteiger charge is 2.10. The Bertz CT molecular complexity index is 393. The van der Waals surface area contributed by atoms with Crippen LogP contribution in [0.25, 0.3) is 6.08 Å². The molecule has 0 aliphatic carbocycles. The van der Waals surface area contributed by atoms with Gasteiger partial charge in [0.1, 0.15) is 0 Å². The quantitative estimate of drug-likeness (QED) is 0.610. The van der Waals surface area contributed by atoms with Gasteiger partial charge in [-0.05, 0) is 41.2 Å². The van der Waals surface area contributed by atoms with E-state index in [-0.39, 0.29) is 0 Å². The first-order valence-corrected chi connectivity index (χ1v) is 7.41. The molecule has 1 aromatic carbocycles. The second-order valence-corrected chi connectivity index (χ2v) is 7.98. The minimum Gasteiger partial charge on any atom is -0.0839 e. The summed E-state index contributed by atoms with van der Waals surface area (Å²) in [6.45, 7) is 13.7. The molecule has 0 fully saturated rings. The van der Waals surface area contributed by atoms with E-state index in [9.17, 15) is 0 Å². The Balaban J connectivity index is 2.51. The third-order valence-electron chi connectivity index (χ3n) is 3.09. The van der Waals surface area contributed by atoms with Crippen molar-refractivity contribution in [3.05, 3.63) is 41.5 Å². The molecular formula is C19H30. The molecule has 0 heteroatoms. The van der Waals surface area contributed by atoms with Crippen LogP contribution in [0, 0.1) is 10.8 Å². The van der Waals surface area contributed by atoms with Gasteiger partial charge >= 0.3 is 0 Å². The van der Waals surface area contributed by atoms with Crippen molar-refractivity contribution < 1.29 is 0 Å². The number of hydrogen-bond donors (Lipinski definition) is 0. The molecule has 0 aliphatic rings. The molecule has 0 saturated heterocycles. The van der Waals surface area contributed by atoms with E-state index in [2.05, 4.69) is 78.0 Å². The van der Waals surface area contributed by atoms with E-state index >= 15 is 0 Å². The first-order chi connectivity index (χ1) is 8.66. The normalized spacial score (nSPS) is 13.2. The molecule has 0 saturated carbocycles. The molecule has 0 bridgehead atoms. The fourth-order valence-electron chi connectivity index (χ4n) is 2.09. The summed E-state index contributed by atoms with van der Waals surface area (Å²) in [6.07, 6.45) is 8.08. The third kappa shape index (κ3) is 7.87. The van der Waals surface area contributed by atoms with E-state index in [1.807, 2.05) is 0 Å². The van der Waals surface area contributed by atoms with Crippen LogP contribution in [0.15, 0.2) is 30.3 Å². The lowest BCUT2D eigenvalue weighted by atomic mass is 9.88. The van der Waals surface area contributed by atoms with Crippen LogP contribution < -0.4 is 0 Å². The van der Waals surface area contributed by atoms with Gasteiger partial charge in [-0.2, -0.15) is 0 Å². The summed E-state index contributed by atoms with van der Waals surface area (Å²) in [5.74, 6) is 0. The topological polar surface area (TPSA) is 0 Å². The summed E-state index contributed by atoms with van der Waals surface area (Å²) in [7, 11) is 0. The summed E-state index contributed by atoms with van der Waals surface area (Å²) in [5, 5.41) is 0. The van der Waals surface area contributed by atoms with Gasteiger partial charge in [-0.15, -0.1) is 0 Å². The fourth-order valence-corrected chi connectivity index (χ4v) is 2.09. The van der Waals surface area contributed by atoms with Crippen LogP contribution in [0.1, 0.15) is 65.5 Å². The van der Waals surface area contributed by atoms with E-state index < -0.39 is 0 Å². The smallest absolute Gasteiger partial charge is 0.0230 e. The van der Waals surface area contributed by atoms with Crippen LogP contribution >= 0.6 is 0 Å². The summed E-state index contributed by atoms with van der Waals surface area (Å²) in [6, 6.07) is 8.98. The van der Waals surface area contributed by atoms with Crippen molar-refractivity contribution in [1.29, 1.82) is 0 Å². The van der Waals surface area contributed by atoms with Gasteiger partial charge in [0.15, 0.2) is 0 Å². The van der Waals surface area contributed by atoms with Gasteiger partial charge in [0.25, 0.3) is 0 Å². The van der Waals surface area contributed by atoms with Crippen molar-refractivity contribution >= 4 is 6.08 Å². The highest BCUT2D eigenvalue weighted by molar-refractivity contribution is 5.49. The van der Waals surface area contributed by atoms with Crippen molar-refractivity contribution in [3.8, 4) is 0 Å². The molecule has 0 nitrogen and oxygen atoms in total. The van der Waals surface area contributed by atoms with Gasteiger partial charge in [-0.3, -0.25) is 0 Å². The predicted octanol–water partition coefficient (Wildman–Crippen LogP) is 6.11. The Morgan fingerprint density at radius 2 is 1.42 bits per heavy atom. The highest BCUT2D eigenvalue weighted by Crippen LogP contribution is 2.22. The largest absolute Gasteiger partial charge is 0.0839 e. The van der Waals surface area contributed by atoms with Crippen molar-refractivity contribution in [2.75, 3.05) is 0 Å². The molecule has 0 unspecified atom stereocenters. The molecule has 1 aromatic rings. The van der Waals surface area contributed by atoms with Crippen molar-refractivity contribution in [2.45, 2.75) is 60.8 Å². The van der Waals surface area contributed by atoms with Crippen molar-refractivity contribution in [2.24, 2.45) is 10.8 Å². The van der Waals surface area contributed by atoms with Crippen LogP contribution in [0.2, 0.25) is 0 Å². The summed E-state index contributed by atoms with van der Waals surface area (Å²) in [4.78, 5) is 0. The molecular weight excluding hydrogens is 228 g/mol. The number of benzene rings is 1. The minimum atomic E-state index is 0.365. The van der Waals surface area contributed by atoms with E-state index in [1.165, 1.54) is 17.5 Å². The van der Waals surface area contributed by atoms with Gasteiger partial charge in [0.2, 0.25) is 0 Å². The molecule has 0 amide bonds. The lowest BCUT2D eigenvalue weighted by Gasteiger charge is -2.18. The van der Waals surface area contributed by atoms with Crippen molar-refractivity contribution in [1.82, 2.24) is 0 Å². The van der Waals surface area contributed by atoms with Gasteiger partial charge in [0.05, 0.1) is 0 Å². The first-order valence-electron chi connectivity index (χ1n) is 7.41. The number of hydrogen-bond acceptors (Lipinski definition) is 0. The minimum absolute atomic E-state index is 0.365. The average Bonchev–Trinajstić information content (AvgIpc) is 2.23. The summed E-state index contributed by atoms with van der Waals surface area (Å²) >= 11 is 0. The molecule has 0 radical (unpaired) electrons. The van der Waals surface area contributed by atoms with Crippen LogP contribution in [0.3, 0.4) is 0 Å². The van der Waals surface area contributed by atoms with E-state index in [0.717, 1.165) is 12.8 Å². The lowest BCUT2D eigenvalue weighted by molar-refractivity contribution is 0.382. The lowest BCUT2D eigenvalue weighted by Crippen LogP contribution is -2.08. The van der Waals surface area contributed by atoms with Crippen LogP contribution in [-0.4, -0.2) is 0 Å². The Morgan fingerprint density at radius 1 is 0.842 bits per heavy atom. The second kappa shape index (κ2) is 6.41. The fraction of sp³-hybridized carbons (Fsp3) is 0.579. The molecule has 1 rings (SSSR count). The Kier molecular flexibility index (Phi) is 5.40. The average molecular weight is 258 g/mol. The first kappa shape index (κ1) is 16.0. The van der Waals surface area contributed by atoms with E-state index in [1.54, 1.807) is 0 Å². The molecule has 0 heterocycles. The zero-order valence-corrected chi connectivity index (χ0v) is 13.6. The second-order valence-electron chi connectivity index (χ2n) is 7.98. The Morgan fingerprint density at radius 3 is 1.89 bits per heavy atom. The maximum Gasteiger partial charge on any atom is -0.0230 e. The Hall–Kier alpha value is -1.04. The SMILES string of the molecule is CC(C)(C)CC/C=C/c1ccc(CC(C)(C)C)cc1. The van der Waals surface area contributed by atoms with Gasteiger partial charge in [-0.25, -0.2) is 0 Å². The number of rotatable bonds is 4. The third-order valence-corrected chi connectivity index (χ3v) is 3.09. The van der Waals surface area contributed by atoms with Gasteiger partial charge < -0.3 is 0 Å². The molecule has 0 atom stereocenters.